The number of anilines is 1. The van der Waals surface area contributed by atoms with Crippen LogP contribution in [-0.4, -0.2) is 19.0 Å². The third-order valence-corrected chi connectivity index (χ3v) is 3.73. The largest absolute Gasteiger partial charge is 0.376 e. The van der Waals surface area contributed by atoms with Crippen LogP contribution < -0.4 is 10.6 Å². The van der Waals surface area contributed by atoms with Gasteiger partial charge in [-0.2, -0.15) is 0 Å². The van der Waals surface area contributed by atoms with Gasteiger partial charge < -0.3 is 10.6 Å². The number of hydrogen-bond donors (Lipinski definition) is 2. The molecule has 0 saturated carbocycles. The highest BCUT2D eigenvalue weighted by Gasteiger charge is 2.03. The second-order valence-corrected chi connectivity index (χ2v) is 5.83. The minimum atomic E-state index is -0.00475. The molecule has 1 amide bonds. The Balaban J connectivity index is 1.74. The number of rotatable bonds is 6. The molecule has 0 bridgehead atoms. The average molecular weight is 317 g/mol. The van der Waals surface area contributed by atoms with E-state index in [1.54, 1.807) is 0 Å². The number of amides is 1. The fraction of sp³-hybridized carbons (Fsp3) is 0.278. The van der Waals surface area contributed by atoms with Crippen LogP contribution in [0.1, 0.15) is 16.7 Å². The van der Waals surface area contributed by atoms with E-state index in [1.807, 2.05) is 38.1 Å². The van der Waals surface area contributed by atoms with Crippen molar-refractivity contribution in [3.8, 4) is 0 Å². The fourth-order valence-electron chi connectivity index (χ4n) is 2.16. The molecule has 0 aliphatic rings. The summed E-state index contributed by atoms with van der Waals surface area (Å²) in [4.78, 5) is 11.9. The summed E-state index contributed by atoms with van der Waals surface area (Å²) in [5, 5.41) is 6.82. The number of carbonyl (C=O) groups is 1. The molecule has 0 saturated heterocycles. The number of nitrogens with one attached hydrogen (secondary N) is 2. The standard InChI is InChI=1S/C18H21ClN2O/c1-13-3-4-14(2)17(11-13)21-12-18(22)20-10-9-15-5-7-16(19)8-6-15/h3-8,11,21H,9-10,12H2,1-2H3,(H,20,22). The molecule has 0 aliphatic heterocycles. The summed E-state index contributed by atoms with van der Waals surface area (Å²) >= 11 is 5.84. The molecule has 3 nitrogen and oxygen atoms in total. The Hall–Kier alpha value is -2.00. The summed E-state index contributed by atoms with van der Waals surface area (Å²) < 4.78 is 0. The van der Waals surface area contributed by atoms with Gasteiger partial charge in [0, 0.05) is 17.3 Å². The molecule has 0 fully saturated rings. The van der Waals surface area contributed by atoms with Gasteiger partial charge >= 0.3 is 0 Å². The van der Waals surface area contributed by atoms with E-state index in [0.29, 0.717) is 6.54 Å². The zero-order valence-corrected chi connectivity index (χ0v) is 13.7. The smallest absolute Gasteiger partial charge is 0.239 e. The molecule has 2 aromatic rings. The number of halogens is 1. The Morgan fingerprint density at radius 3 is 2.55 bits per heavy atom. The van der Waals surface area contributed by atoms with E-state index in [-0.39, 0.29) is 12.5 Å². The van der Waals surface area contributed by atoms with Crippen molar-refractivity contribution in [2.45, 2.75) is 20.3 Å². The van der Waals surface area contributed by atoms with E-state index < -0.39 is 0 Å². The van der Waals surface area contributed by atoms with Gasteiger partial charge in [-0.05, 0) is 55.2 Å². The Labute approximate surface area is 136 Å². The van der Waals surface area contributed by atoms with Crippen molar-refractivity contribution in [2.24, 2.45) is 0 Å². The highest BCUT2D eigenvalue weighted by atomic mass is 35.5. The molecule has 22 heavy (non-hydrogen) atoms. The van der Waals surface area contributed by atoms with Gasteiger partial charge in [-0.3, -0.25) is 4.79 Å². The third-order valence-electron chi connectivity index (χ3n) is 3.48. The van der Waals surface area contributed by atoms with E-state index in [9.17, 15) is 4.79 Å². The van der Waals surface area contributed by atoms with Crippen LogP contribution in [0.4, 0.5) is 5.69 Å². The van der Waals surface area contributed by atoms with Gasteiger partial charge in [0.1, 0.15) is 0 Å². The molecule has 116 valence electrons. The maximum absolute atomic E-state index is 11.9. The molecule has 2 N–H and O–H groups in total. The molecular weight excluding hydrogens is 296 g/mol. The summed E-state index contributed by atoms with van der Waals surface area (Å²) in [6.45, 7) is 4.97. The first kappa shape index (κ1) is 16.4. The lowest BCUT2D eigenvalue weighted by atomic mass is 10.1. The summed E-state index contributed by atoms with van der Waals surface area (Å²) in [5.41, 5.74) is 4.48. The lowest BCUT2D eigenvalue weighted by molar-refractivity contribution is -0.119. The van der Waals surface area contributed by atoms with E-state index in [4.69, 9.17) is 11.6 Å². The van der Waals surface area contributed by atoms with Gasteiger partial charge in [-0.1, -0.05) is 35.9 Å². The highest BCUT2D eigenvalue weighted by molar-refractivity contribution is 6.30. The van der Waals surface area contributed by atoms with Gasteiger partial charge in [0.25, 0.3) is 0 Å². The number of aryl methyl sites for hydroxylation is 2. The van der Waals surface area contributed by atoms with Crippen molar-refractivity contribution < 1.29 is 4.79 Å². The van der Waals surface area contributed by atoms with E-state index in [2.05, 4.69) is 28.8 Å². The van der Waals surface area contributed by atoms with Crippen molar-refractivity contribution in [3.63, 3.8) is 0 Å². The van der Waals surface area contributed by atoms with E-state index in [1.165, 1.54) is 5.56 Å². The summed E-state index contributed by atoms with van der Waals surface area (Å²) in [6.07, 6.45) is 0.798. The number of benzene rings is 2. The summed E-state index contributed by atoms with van der Waals surface area (Å²) in [5.74, 6) is -0.00475. The van der Waals surface area contributed by atoms with Gasteiger partial charge in [0.15, 0.2) is 0 Å². The van der Waals surface area contributed by atoms with E-state index in [0.717, 1.165) is 28.3 Å². The van der Waals surface area contributed by atoms with Crippen molar-refractivity contribution in [1.29, 1.82) is 0 Å². The molecule has 0 unspecified atom stereocenters. The van der Waals surface area contributed by atoms with Crippen molar-refractivity contribution in [2.75, 3.05) is 18.4 Å². The highest BCUT2D eigenvalue weighted by Crippen LogP contribution is 2.15. The molecule has 0 atom stereocenters. The Bertz CT molecular complexity index is 638. The number of carbonyl (C=O) groups excluding carboxylic acids is 1. The summed E-state index contributed by atoms with van der Waals surface area (Å²) in [6, 6.07) is 13.8. The molecular formula is C18H21ClN2O. The second-order valence-electron chi connectivity index (χ2n) is 5.40. The topological polar surface area (TPSA) is 41.1 Å². The second kappa shape index (κ2) is 7.85. The lowest BCUT2D eigenvalue weighted by Crippen LogP contribution is -2.31. The van der Waals surface area contributed by atoms with Crippen molar-refractivity contribution in [3.05, 3.63) is 64.2 Å². The van der Waals surface area contributed by atoms with Gasteiger partial charge in [0.2, 0.25) is 5.91 Å². The minimum absolute atomic E-state index is 0.00475. The number of hydrogen-bond acceptors (Lipinski definition) is 2. The summed E-state index contributed by atoms with van der Waals surface area (Å²) in [7, 11) is 0. The van der Waals surface area contributed by atoms with Crippen LogP contribution in [0, 0.1) is 13.8 Å². The predicted octanol–water partition coefficient (Wildman–Crippen LogP) is 3.73. The van der Waals surface area contributed by atoms with Crippen LogP contribution in [0.2, 0.25) is 5.02 Å². The maximum atomic E-state index is 11.9. The van der Waals surface area contributed by atoms with Crippen LogP contribution in [0.5, 0.6) is 0 Å². The molecule has 2 rings (SSSR count). The Morgan fingerprint density at radius 1 is 1.09 bits per heavy atom. The molecule has 0 aromatic heterocycles. The quantitative estimate of drug-likeness (QED) is 0.852. The fourth-order valence-corrected chi connectivity index (χ4v) is 2.29. The first-order chi connectivity index (χ1) is 10.5. The zero-order chi connectivity index (χ0) is 15.9. The molecule has 0 radical (unpaired) electrons. The normalized spacial score (nSPS) is 10.3. The average Bonchev–Trinajstić information content (AvgIpc) is 2.50. The van der Waals surface area contributed by atoms with Crippen LogP contribution in [0.3, 0.4) is 0 Å². The van der Waals surface area contributed by atoms with Crippen molar-refractivity contribution >= 4 is 23.2 Å². The van der Waals surface area contributed by atoms with Crippen LogP contribution in [-0.2, 0) is 11.2 Å². The minimum Gasteiger partial charge on any atom is -0.376 e. The zero-order valence-electron chi connectivity index (χ0n) is 12.9. The Kier molecular flexibility index (Phi) is 5.84. The molecule has 0 spiro atoms. The maximum Gasteiger partial charge on any atom is 0.239 e. The van der Waals surface area contributed by atoms with Gasteiger partial charge in [-0.25, -0.2) is 0 Å². The third kappa shape index (κ3) is 5.08. The monoisotopic (exact) mass is 316 g/mol. The van der Waals surface area contributed by atoms with E-state index >= 15 is 0 Å². The molecule has 0 aliphatic carbocycles. The predicted molar refractivity (Wildman–Crippen MR) is 92.6 cm³/mol. The Morgan fingerprint density at radius 2 is 1.82 bits per heavy atom. The SMILES string of the molecule is Cc1ccc(C)c(NCC(=O)NCCc2ccc(Cl)cc2)c1. The first-order valence-electron chi connectivity index (χ1n) is 7.37. The first-order valence-corrected chi connectivity index (χ1v) is 7.74. The van der Waals surface area contributed by atoms with Crippen LogP contribution >= 0.6 is 11.6 Å². The lowest BCUT2D eigenvalue weighted by Gasteiger charge is -2.11. The molecule has 4 heteroatoms. The van der Waals surface area contributed by atoms with Crippen LogP contribution in [0.15, 0.2) is 42.5 Å². The van der Waals surface area contributed by atoms with Gasteiger partial charge in [0.05, 0.1) is 6.54 Å². The van der Waals surface area contributed by atoms with Crippen LogP contribution in [0.25, 0.3) is 0 Å². The molecule has 0 heterocycles. The molecule has 2 aromatic carbocycles. The van der Waals surface area contributed by atoms with Gasteiger partial charge in [-0.15, -0.1) is 0 Å². The van der Waals surface area contributed by atoms with Crippen molar-refractivity contribution in [1.82, 2.24) is 5.32 Å².